The second-order valence-corrected chi connectivity index (χ2v) is 4.79. The number of carbonyl (C=O) groups is 1. The molecule has 1 atom stereocenters. The molecule has 0 saturated carbocycles. The van der Waals surface area contributed by atoms with E-state index in [0.717, 1.165) is 18.2 Å². The summed E-state index contributed by atoms with van der Waals surface area (Å²) in [6.07, 6.45) is -12.7. The third-order valence-corrected chi connectivity index (χ3v) is 2.85. The molecule has 0 bridgehead atoms. The molecule has 0 saturated heterocycles. The molecular formula is C15H10F6N2O2. The van der Waals surface area contributed by atoms with E-state index in [2.05, 4.69) is 15.0 Å². The van der Waals surface area contributed by atoms with Gasteiger partial charge in [0.05, 0.1) is 5.56 Å². The average molecular weight is 364 g/mol. The van der Waals surface area contributed by atoms with Gasteiger partial charge >= 0.3 is 12.3 Å². The summed E-state index contributed by atoms with van der Waals surface area (Å²) in [6.45, 7) is 0. The summed E-state index contributed by atoms with van der Waals surface area (Å²) in [6, 6.07) is 7.10. The monoisotopic (exact) mass is 364 g/mol. The van der Waals surface area contributed by atoms with E-state index in [1.807, 2.05) is 0 Å². The van der Waals surface area contributed by atoms with Crippen LogP contribution in [-0.4, -0.2) is 29.3 Å². The number of halogens is 6. The number of hydrogen-bond acceptors (Lipinski definition) is 3. The minimum atomic E-state index is -5.78. The number of hydrogen-bond donors (Lipinski definition) is 1. The second-order valence-electron chi connectivity index (χ2n) is 4.79. The van der Waals surface area contributed by atoms with Crippen molar-refractivity contribution < 1.29 is 35.9 Å². The topological polar surface area (TPSA) is 51.2 Å². The van der Waals surface area contributed by atoms with Crippen LogP contribution in [0.5, 0.6) is 5.75 Å². The van der Waals surface area contributed by atoms with Gasteiger partial charge in [0, 0.05) is 24.1 Å². The number of amides is 1. The molecule has 2 aromatic rings. The van der Waals surface area contributed by atoms with Crippen molar-refractivity contribution in [3.8, 4) is 5.75 Å². The Labute approximate surface area is 137 Å². The first-order valence-corrected chi connectivity index (χ1v) is 6.68. The molecule has 0 radical (unpaired) electrons. The van der Waals surface area contributed by atoms with Crippen LogP contribution >= 0.6 is 0 Å². The number of ether oxygens (including phenoxy) is 1. The summed E-state index contributed by atoms with van der Waals surface area (Å²) >= 11 is 0. The third kappa shape index (κ3) is 4.85. The molecule has 0 aliphatic heterocycles. The van der Waals surface area contributed by atoms with Crippen LogP contribution in [0.25, 0.3) is 0 Å². The van der Waals surface area contributed by atoms with Crippen molar-refractivity contribution in [2.45, 2.75) is 18.5 Å². The molecule has 134 valence electrons. The third-order valence-electron chi connectivity index (χ3n) is 2.85. The van der Waals surface area contributed by atoms with Gasteiger partial charge in [0.1, 0.15) is 5.75 Å². The number of alkyl halides is 6. The maximum absolute atomic E-state index is 13.2. The van der Waals surface area contributed by atoms with Gasteiger partial charge in [-0.15, -0.1) is 0 Å². The lowest BCUT2D eigenvalue weighted by Crippen LogP contribution is -2.45. The van der Waals surface area contributed by atoms with Crippen LogP contribution in [0.2, 0.25) is 0 Å². The molecule has 2 rings (SSSR count). The number of pyridine rings is 1. The quantitative estimate of drug-likeness (QED) is 0.809. The fourth-order valence-corrected chi connectivity index (χ4v) is 1.74. The van der Waals surface area contributed by atoms with Gasteiger partial charge < -0.3 is 10.1 Å². The largest absolute Gasteiger partial charge is 0.439 e. The number of nitrogens with one attached hydrogen (secondary N) is 1. The zero-order valence-corrected chi connectivity index (χ0v) is 12.2. The molecule has 0 fully saturated rings. The number of aromatic nitrogens is 1. The minimum Gasteiger partial charge on any atom is -0.430 e. The lowest BCUT2D eigenvalue weighted by Gasteiger charge is -2.23. The highest BCUT2D eigenvalue weighted by molar-refractivity contribution is 6.04. The highest BCUT2D eigenvalue weighted by Crippen LogP contribution is 2.36. The summed E-state index contributed by atoms with van der Waals surface area (Å²) in [5.41, 5.74) is 0.129. The Morgan fingerprint density at radius 1 is 1.12 bits per heavy atom. The highest BCUT2D eigenvalue weighted by Gasteiger charge is 2.59. The molecule has 1 unspecified atom stereocenters. The zero-order chi connectivity index (χ0) is 18.7. The molecule has 1 aromatic carbocycles. The van der Waals surface area contributed by atoms with Crippen molar-refractivity contribution in [1.29, 1.82) is 0 Å². The van der Waals surface area contributed by atoms with Gasteiger partial charge in [0.15, 0.2) is 0 Å². The van der Waals surface area contributed by atoms with Crippen LogP contribution in [-0.2, 0) is 0 Å². The van der Waals surface area contributed by atoms with Crippen LogP contribution in [0.15, 0.2) is 48.8 Å². The van der Waals surface area contributed by atoms with Gasteiger partial charge in [-0.25, -0.2) is 4.39 Å². The van der Waals surface area contributed by atoms with Gasteiger partial charge in [-0.2, -0.15) is 22.0 Å². The van der Waals surface area contributed by atoms with Gasteiger partial charge in [0.2, 0.25) is 0 Å². The Morgan fingerprint density at radius 3 is 2.44 bits per heavy atom. The fraction of sp³-hybridized carbons (Fsp3) is 0.200. The van der Waals surface area contributed by atoms with E-state index in [1.165, 1.54) is 30.6 Å². The summed E-state index contributed by atoms with van der Waals surface area (Å²) in [5, 5.41) is 2.32. The number of anilines is 1. The van der Waals surface area contributed by atoms with Crippen molar-refractivity contribution in [3.63, 3.8) is 0 Å². The first-order chi connectivity index (χ1) is 11.6. The maximum Gasteiger partial charge on any atom is 0.439 e. The molecule has 0 aliphatic carbocycles. The number of carbonyl (C=O) groups excluding carboxylic acids is 1. The lowest BCUT2D eigenvalue weighted by atomic mass is 10.2. The highest BCUT2D eigenvalue weighted by atomic mass is 19.4. The lowest BCUT2D eigenvalue weighted by molar-refractivity contribution is -0.304. The molecular weight excluding hydrogens is 354 g/mol. The molecule has 4 nitrogen and oxygen atoms in total. The normalized spacial score (nSPS) is 13.2. The number of rotatable bonds is 5. The molecule has 25 heavy (non-hydrogen) atoms. The maximum atomic E-state index is 13.2. The van der Waals surface area contributed by atoms with Crippen molar-refractivity contribution in [2.24, 2.45) is 0 Å². The van der Waals surface area contributed by atoms with Crippen LogP contribution < -0.4 is 10.1 Å². The van der Waals surface area contributed by atoms with Crippen LogP contribution in [0.4, 0.5) is 32.0 Å². The van der Waals surface area contributed by atoms with Crippen molar-refractivity contribution >= 4 is 11.6 Å². The first kappa shape index (κ1) is 18.6. The van der Waals surface area contributed by atoms with E-state index in [4.69, 9.17) is 0 Å². The molecule has 0 spiro atoms. The van der Waals surface area contributed by atoms with E-state index < -0.39 is 30.1 Å². The van der Waals surface area contributed by atoms with E-state index in [-0.39, 0.29) is 11.3 Å². The second kappa shape index (κ2) is 6.99. The summed E-state index contributed by atoms with van der Waals surface area (Å²) in [7, 11) is 0. The Kier molecular flexibility index (Phi) is 5.19. The van der Waals surface area contributed by atoms with Gasteiger partial charge in [0.25, 0.3) is 12.1 Å². The molecule has 1 N–H and O–H groups in total. The minimum absolute atomic E-state index is 0.0374. The Morgan fingerprint density at radius 2 is 1.84 bits per heavy atom. The molecule has 1 aromatic heterocycles. The average Bonchev–Trinajstić information content (AvgIpc) is 2.54. The summed E-state index contributed by atoms with van der Waals surface area (Å²) in [4.78, 5) is 15.6. The Hall–Kier alpha value is -2.78. The summed E-state index contributed by atoms with van der Waals surface area (Å²) in [5.74, 6) is -1.38. The van der Waals surface area contributed by atoms with E-state index >= 15 is 0 Å². The van der Waals surface area contributed by atoms with E-state index in [1.54, 1.807) is 0 Å². The van der Waals surface area contributed by atoms with Gasteiger partial charge in [-0.1, -0.05) is 6.07 Å². The van der Waals surface area contributed by atoms with Gasteiger partial charge in [-0.05, 0) is 24.3 Å². The molecule has 1 amide bonds. The van der Waals surface area contributed by atoms with Crippen molar-refractivity contribution in [1.82, 2.24) is 4.98 Å². The van der Waals surface area contributed by atoms with Crippen molar-refractivity contribution in [3.05, 3.63) is 54.4 Å². The Balaban J connectivity index is 2.12. The Bertz CT molecular complexity index is 736. The molecule has 0 aliphatic rings. The number of benzene rings is 1. The SMILES string of the molecule is O=C(Nc1cccc(OC(F)(F)C(F)C(F)(F)F)c1)c1cccnc1. The van der Waals surface area contributed by atoms with Crippen LogP contribution in [0, 0.1) is 0 Å². The van der Waals surface area contributed by atoms with Gasteiger partial charge in [-0.3, -0.25) is 9.78 Å². The number of nitrogens with zero attached hydrogens (tertiary/aromatic N) is 1. The van der Waals surface area contributed by atoms with Crippen LogP contribution in [0.1, 0.15) is 10.4 Å². The zero-order valence-electron chi connectivity index (χ0n) is 12.2. The van der Waals surface area contributed by atoms with Crippen molar-refractivity contribution in [2.75, 3.05) is 5.32 Å². The fourth-order valence-electron chi connectivity index (χ4n) is 1.74. The van der Waals surface area contributed by atoms with E-state index in [0.29, 0.717) is 0 Å². The molecule has 1 heterocycles. The molecule has 10 heteroatoms. The van der Waals surface area contributed by atoms with Crippen LogP contribution in [0.3, 0.4) is 0 Å². The predicted octanol–water partition coefficient (Wildman–Crippen LogP) is 4.21. The first-order valence-electron chi connectivity index (χ1n) is 6.68. The standard InChI is InChI=1S/C15H10F6N2O2/c16-13(14(17,18)19)15(20,21)25-11-5-1-4-10(7-11)23-12(24)9-3-2-6-22-8-9/h1-8,13H,(H,23,24). The summed E-state index contributed by atoms with van der Waals surface area (Å²) < 4.78 is 79.4. The smallest absolute Gasteiger partial charge is 0.430 e. The predicted molar refractivity (Wildman–Crippen MR) is 75.2 cm³/mol. The van der Waals surface area contributed by atoms with E-state index in [9.17, 15) is 31.1 Å².